The van der Waals surface area contributed by atoms with Crippen molar-refractivity contribution < 1.29 is 9.59 Å². The van der Waals surface area contributed by atoms with Crippen LogP contribution in [-0.2, 0) is 4.79 Å². The normalized spacial score (nSPS) is 16.9. The van der Waals surface area contributed by atoms with Crippen molar-refractivity contribution in [3.63, 3.8) is 0 Å². The Balaban J connectivity index is 1.09. The molecule has 3 aromatic carbocycles. The molecule has 1 aliphatic heterocycles. The fourth-order valence-corrected chi connectivity index (χ4v) is 5.25. The molecule has 35 heavy (non-hydrogen) atoms. The van der Waals surface area contributed by atoms with Crippen LogP contribution in [0.25, 0.3) is 27.6 Å². The lowest BCUT2D eigenvalue weighted by molar-refractivity contribution is -0.122. The van der Waals surface area contributed by atoms with Crippen LogP contribution in [0.1, 0.15) is 47.2 Å². The molecule has 0 saturated carbocycles. The van der Waals surface area contributed by atoms with Crippen molar-refractivity contribution in [2.75, 3.05) is 18.4 Å². The molecule has 0 fully saturated rings. The van der Waals surface area contributed by atoms with Gasteiger partial charge in [0.15, 0.2) is 0 Å². The SMILES string of the molecule is CC1CC=C2C(=O)N(CCCNc3ccc(-c4ccc5[nH]ccc5c4)cc3)C(=O)c3cccc1c32. The summed E-state index contributed by atoms with van der Waals surface area (Å²) in [5.74, 6) is -0.0135. The number of carbonyl (C=O) groups excluding carboxylic acids is 2. The predicted molar refractivity (Wildman–Crippen MR) is 140 cm³/mol. The Bertz CT molecular complexity index is 1480. The highest BCUT2D eigenvalue weighted by atomic mass is 16.2. The van der Waals surface area contributed by atoms with Crippen molar-refractivity contribution in [2.45, 2.75) is 25.7 Å². The Kier molecular flexibility index (Phi) is 5.25. The van der Waals surface area contributed by atoms with E-state index >= 15 is 0 Å². The second-order valence-corrected chi connectivity index (χ2v) is 9.42. The molecule has 2 aliphatic rings. The molecular weight excluding hydrogens is 434 g/mol. The van der Waals surface area contributed by atoms with Gasteiger partial charge in [-0.05, 0) is 77.2 Å². The van der Waals surface area contributed by atoms with Gasteiger partial charge in [0.25, 0.3) is 11.8 Å². The molecule has 0 saturated heterocycles. The number of H-pyrrole nitrogens is 1. The minimum Gasteiger partial charge on any atom is -0.385 e. The fraction of sp³-hybridized carbons (Fsp3) is 0.200. The molecular formula is C30H27N3O2. The zero-order valence-electron chi connectivity index (χ0n) is 19.7. The highest BCUT2D eigenvalue weighted by Gasteiger charge is 2.37. The Morgan fingerprint density at radius 2 is 1.80 bits per heavy atom. The van der Waals surface area contributed by atoms with Crippen LogP contribution < -0.4 is 5.32 Å². The highest BCUT2D eigenvalue weighted by Crippen LogP contribution is 2.40. The number of anilines is 1. The van der Waals surface area contributed by atoms with Gasteiger partial charge in [-0.3, -0.25) is 14.5 Å². The van der Waals surface area contributed by atoms with Gasteiger partial charge in [-0.1, -0.05) is 43.3 Å². The van der Waals surface area contributed by atoms with Gasteiger partial charge in [-0.25, -0.2) is 0 Å². The van der Waals surface area contributed by atoms with Crippen molar-refractivity contribution in [2.24, 2.45) is 0 Å². The largest absolute Gasteiger partial charge is 0.385 e. The summed E-state index contributed by atoms with van der Waals surface area (Å²) in [5.41, 5.74) is 7.81. The average Bonchev–Trinajstić information content (AvgIpc) is 3.36. The van der Waals surface area contributed by atoms with Crippen molar-refractivity contribution in [1.82, 2.24) is 9.88 Å². The van der Waals surface area contributed by atoms with Crippen LogP contribution in [0.3, 0.4) is 0 Å². The number of nitrogens with one attached hydrogen (secondary N) is 2. The number of fused-ring (bicyclic) bond motifs is 1. The number of allylic oxidation sites excluding steroid dienone is 1. The van der Waals surface area contributed by atoms with Crippen molar-refractivity contribution in [3.8, 4) is 11.1 Å². The monoisotopic (exact) mass is 461 g/mol. The van der Waals surface area contributed by atoms with Crippen molar-refractivity contribution >= 4 is 34.0 Å². The van der Waals surface area contributed by atoms with E-state index in [4.69, 9.17) is 0 Å². The van der Waals surface area contributed by atoms with E-state index in [0.29, 0.717) is 36.6 Å². The first kappa shape index (κ1) is 21.4. The van der Waals surface area contributed by atoms with Crippen LogP contribution in [0.15, 0.2) is 79.0 Å². The van der Waals surface area contributed by atoms with E-state index in [9.17, 15) is 9.59 Å². The maximum absolute atomic E-state index is 13.1. The molecule has 5 nitrogen and oxygen atoms in total. The zero-order valence-corrected chi connectivity index (χ0v) is 19.7. The third-order valence-corrected chi connectivity index (χ3v) is 7.18. The van der Waals surface area contributed by atoms with Gasteiger partial charge in [-0.15, -0.1) is 0 Å². The molecule has 174 valence electrons. The van der Waals surface area contributed by atoms with E-state index in [1.807, 2.05) is 30.5 Å². The van der Waals surface area contributed by atoms with Crippen LogP contribution >= 0.6 is 0 Å². The minimum atomic E-state index is -0.179. The number of nitrogens with zero attached hydrogens (tertiary/aromatic N) is 1. The molecule has 1 unspecified atom stereocenters. The lowest BCUT2D eigenvalue weighted by atomic mass is 9.79. The molecule has 1 aromatic heterocycles. The van der Waals surface area contributed by atoms with Crippen LogP contribution in [0, 0.1) is 0 Å². The number of rotatable bonds is 6. The fourth-order valence-electron chi connectivity index (χ4n) is 5.25. The van der Waals surface area contributed by atoms with E-state index < -0.39 is 0 Å². The summed E-state index contributed by atoms with van der Waals surface area (Å²) in [7, 11) is 0. The quantitative estimate of drug-likeness (QED) is 0.265. The Labute approximate surface area is 204 Å². The smallest absolute Gasteiger partial charge is 0.261 e. The van der Waals surface area contributed by atoms with E-state index in [0.717, 1.165) is 34.3 Å². The van der Waals surface area contributed by atoms with E-state index in [1.54, 1.807) is 0 Å². The van der Waals surface area contributed by atoms with E-state index in [-0.39, 0.29) is 11.8 Å². The van der Waals surface area contributed by atoms with E-state index in [2.05, 4.69) is 65.8 Å². The second-order valence-electron chi connectivity index (χ2n) is 9.42. The molecule has 6 rings (SSSR count). The molecule has 2 N–H and O–H groups in total. The summed E-state index contributed by atoms with van der Waals surface area (Å²) in [5, 5.41) is 4.62. The van der Waals surface area contributed by atoms with Crippen LogP contribution in [0.2, 0.25) is 0 Å². The number of aromatic nitrogens is 1. The summed E-state index contributed by atoms with van der Waals surface area (Å²) in [6, 6.07) is 22.7. The number of aromatic amines is 1. The summed E-state index contributed by atoms with van der Waals surface area (Å²) < 4.78 is 0. The van der Waals surface area contributed by atoms with E-state index in [1.165, 1.54) is 15.8 Å². The lowest BCUT2D eigenvalue weighted by Gasteiger charge is -2.33. The average molecular weight is 462 g/mol. The molecule has 1 aliphatic carbocycles. The Hall–Kier alpha value is -4.12. The molecule has 2 amide bonds. The third kappa shape index (κ3) is 3.73. The maximum Gasteiger partial charge on any atom is 0.261 e. The van der Waals surface area contributed by atoms with Crippen molar-refractivity contribution in [1.29, 1.82) is 0 Å². The summed E-state index contributed by atoms with van der Waals surface area (Å²) >= 11 is 0. The number of hydrogen-bond acceptors (Lipinski definition) is 3. The first-order chi connectivity index (χ1) is 17.1. The molecule has 0 bridgehead atoms. The standard InChI is InChI=1S/C30H27N3O2/c1-19-6-12-26-28-24(19)4-2-5-25(28)29(34)33(30(26)35)17-3-15-31-23-10-7-20(8-11-23)21-9-13-27-22(18-21)14-16-32-27/h2,4-5,7-14,16,18-19,31-32H,3,6,15,17H2,1H3. The van der Waals surface area contributed by atoms with Crippen LogP contribution in [0.5, 0.6) is 0 Å². The molecule has 1 atom stereocenters. The molecule has 4 aromatic rings. The topological polar surface area (TPSA) is 65.2 Å². The van der Waals surface area contributed by atoms with Gasteiger partial charge in [0.05, 0.1) is 0 Å². The number of carbonyl (C=O) groups is 2. The van der Waals surface area contributed by atoms with Crippen LogP contribution in [0.4, 0.5) is 5.69 Å². The van der Waals surface area contributed by atoms with Gasteiger partial charge in [0, 0.05) is 47.2 Å². The Morgan fingerprint density at radius 3 is 2.66 bits per heavy atom. The number of hydrogen-bond donors (Lipinski definition) is 2. The Morgan fingerprint density at radius 1 is 0.971 bits per heavy atom. The third-order valence-electron chi connectivity index (χ3n) is 7.18. The molecule has 2 heterocycles. The lowest BCUT2D eigenvalue weighted by Crippen LogP contribution is -2.43. The van der Waals surface area contributed by atoms with Gasteiger partial charge in [0.1, 0.15) is 0 Å². The minimum absolute atomic E-state index is 0.161. The number of imide groups is 1. The van der Waals surface area contributed by atoms with Gasteiger partial charge in [-0.2, -0.15) is 0 Å². The highest BCUT2D eigenvalue weighted by molar-refractivity contribution is 6.31. The molecule has 0 spiro atoms. The van der Waals surface area contributed by atoms with Gasteiger partial charge < -0.3 is 10.3 Å². The summed E-state index contributed by atoms with van der Waals surface area (Å²) in [6.07, 6.45) is 5.47. The first-order valence-corrected chi connectivity index (χ1v) is 12.2. The zero-order chi connectivity index (χ0) is 23.9. The predicted octanol–water partition coefficient (Wildman–Crippen LogP) is 6.21. The number of benzene rings is 3. The van der Waals surface area contributed by atoms with Crippen molar-refractivity contribution in [3.05, 3.63) is 95.7 Å². The summed E-state index contributed by atoms with van der Waals surface area (Å²) in [4.78, 5) is 30.9. The first-order valence-electron chi connectivity index (χ1n) is 12.2. The molecule has 0 radical (unpaired) electrons. The van der Waals surface area contributed by atoms with Gasteiger partial charge >= 0.3 is 0 Å². The molecule has 5 heteroatoms. The maximum atomic E-state index is 13.1. The number of amides is 2. The second kappa shape index (κ2) is 8.58. The van der Waals surface area contributed by atoms with Crippen LogP contribution in [-0.4, -0.2) is 34.8 Å². The van der Waals surface area contributed by atoms with Gasteiger partial charge in [0.2, 0.25) is 0 Å². The summed E-state index contributed by atoms with van der Waals surface area (Å²) in [6.45, 7) is 3.22.